The molecule has 0 saturated heterocycles. The van der Waals surface area contributed by atoms with Gasteiger partial charge in [0.05, 0.1) is 5.56 Å². The third-order valence-electron chi connectivity index (χ3n) is 2.18. The zero-order valence-corrected chi connectivity index (χ0v) is 8.96. The van der Waals surface area contributed by atoms with Gasteiger partial charge < -0.3 is 14.9 Å². The number of hydrogen-bond acceptors (Lipinski definition) is 5. The molecule has 0 atom stereocenters. The summed E-state index contributed by atoms with van der Waals surface area (Å²) in [5, 5.41) is 15.6. The first-order valence-electron chi connectivity index (χ1n) is 5.09. The van der Waals surface area contributed by atoms with E-state index in [2.05, 4.69) is 15.5 Å². The normalized spacial score (nSPS) is 10.1. The van der Waals surface area contributed by atoms with Crippen LogP contribution in [0.25, 0.3) is 0 Å². The van der Waals surface area contributed by atoms with E-state index in [0.29, 0.717) is 18.9 Å². The molecule has 1 heterocycles. The highest BCUT2D eigenvalue weighted by Crippen LogP contribution is 2.14. The Morgan fingerprint density at radius 3 is 2.94 bits per heavy atom. The van der Waals surface area contributed by atoms with Crippen LogP contribution in [-0.4, -0.2) is 27.7 Å². The number of rotatable bonds is 4. The minimum absolute atomic E-state index is 0.0391. The van der Waals surface area contributed by atoms with Gasteiger partial charge in [0.2, 0.25) is 5.89 Å². The number of amides is 1. The lowest BCUT2D eigenvalue weighted by molar-refractivity contribution is 0.0951. The second kappa shape index (κ2) is 5.11. The lowest BCUT2D eigenvalue weighted by Crippen LogP contribution is -2.25. The molecule has 2 rings (SSSR count). The van der Waals surface area contributed by atoms with Crippen LogP contribution in [-0.2, 0) is 6.42 Å². The van der Waals surface area contributed by atoms with E-state index in [4.69, 9.17) is 4.52 Å². The molecule has 1 aromatic carbocycles. The molecule has 1 amide bonds. The molecule has 0 aliphatic heterocycles. The smallest absolute Gasteiger partial charge is 0.255 e. The first-order chi connectivity index (χ1) is 8.27. The molecular weight excluding hydrogens is 222 g/mol. The number of aromatic nitrogens is 2. The zero-order chi connectivity index (χ0) is 12.1. The molecule has 0 aliphatic rings. The molecule has 0 spiro atoms. The van der Waals surface area contributed by atoms with Crippen molar-refractivity contribution in [1.82, 2.24) is 15.5 Å². The highest BCUT2D eigenvalue weighted by atomic mass is 16.5. The molecule has 2 N–H and O–H groups in total. The number of para-hydroxylation sites is 1. The molecule has 6 nitrogen and oxygen atoms in total. The fourth-order valence-electron chi connectivity index (χ4n) is 1.35. The monoisotopic (exact) mass is 233 g/mol. The second-order valence-corrected chi connectivity index (χ2v) is 3.36. The first-order valence-corrected chi connectivity index (χ1v) is 5.09. The van der Waals surface area contributed by atoms with Crippen molar-refractivity contribution in [2.24, 2.45) is 0 Å². The number of benzene rings is 1. The van der Waals surface area contributed by atoms with Crippen molar-refractivity contribution in [1.29, 1.82) is 0 Å². The average Bonchev–Trinajstić information content (AvgIpc) is 2.82. The summed E-state index contributed by atoms with van der Waals surface area (Å²) in [6.07, 6.45) is 1.76. The number of phenols is 1. The van der Waals surface area contributed by atoms with Gasteiger partial charge >= 0.3 is 0 Å². The Kier molecular flexibility index (Phi) is 3.34. The molecule has 0 radical (unpaired) electrons. The maximum Gasteiger partial charge on any atom is 0.255 e. The van der Waals surface area contributed by atoms with Crippen molar-refractivity contribution in [3.8, 4) is 5.75 Å². The van der Waals surface area contributed by atoms with Gasteiger partial charge in [-0.2, -0.15) is 4.98 Å². The number of hydrogen-bond donors (Lipinski definition) is 2. The molecule has 0 unspecified atom stereocenters. The molecule has 0 saturated carbocycles. The standard InChI is InChI=1S/C11H11N3O3/c15-9-4-2-1-3-8(9)11(16)12-6-5-10-13-7-14-17-10/h1-4,7,15H,5-6H2,(H,12,16). The predicted molar refractivity (Wildman–Crippen MR) is 58.4 cm³/mol. The van der Waals surface area contributed by atoms with E-state index < -0.39 is 0 Å². The summed E-state index contributed by atoms with van der Waals surface area (Å²) in [6.45, 7) is 0.370. The van der Waals surface area contributed by atoms with Crippen LogP contribution in [0.3, 0.4) is 0 Å². The maximum atomic E-state index is 11.7. The van der Waals surface area contributed by atoms with Crippen LogP contribution in [0.5, 0.6) is 5.75 Å². The van der Waals surface area contributed by atoms with Crippen molar-refractivity contribution >= 4 is 5.91 Å². The van der Waals surface area contributed by atoms with E-state index in [1.807, 2.05) is 0 Å². The quantitative estimate of drug-likeness (QED) is 0.813. The summed E-state index contributed by atoms with van der Waals surface area (Å²) in [5.41, 5.74) is 0.248. The summed E-state index contributed by atoms with van der Waals surface area (Å²) in [5.74, 6) is 0.0907. The van der Waals surface area contributed by atoms with Crippen LogP contribution in [0.4, 0.5) is 0 Å². The molecule has 17 heavy (non-hydrogen) atoms. The summed E-state index contributed by atoms with van der Waals surface area (Å²) in [6, 6.07) is 6.36. The number of aromatic hydroxyl groups is 1. The van der Waals surface area contributed by atoms with Gasteiger partial charge in [-0.25, -0.2) is 0 Å². The van der Waals surface area contributed by atoms with Crippen molar-refractivity contribution < 1.29 is 14.4 Å². The predicted octanol–water partition coefficient (Wildman–Crippen LogP) is 0.748. The van der Waals surface area contributed by atoms with Crippen LogP contribution >= 0.6 is 0 Å². The number of carbonyl (C=O) groups is 1. The zero-order valence-electron chi connectivity index (χ0n) is 8.96. The molecule has 0 fully saturated rings. The molecular formula is C11H11N3O3. The molecule has 0 aliphatic carbocycles. The van der Waals surface area contributed by atoms with E-state index >= 15 is 0 Å². The van der Waals surface area contributed by atoms with Crippen molar-refractivity contribution in [3.63, 3.8) is 0 Å². The Hall–Kier alpha value is -2.37. The Morgan fingerprint density at radius 1 is 1.41 bits per heavy atom. The Balaban J connectivity index is 1.88. The highest BCUT2D eigenvalue weighted by molar-refractivity contribution is 5.96. The van der Waals surface area contributed by atoms with Gasteiger partial charge in [0.1, 0.15) is 5.75 Å². The lowest BCUT2D eigenvalue weighted by atomic mass is 10.2. The first kappa shape index (κ1) is 11.1. The number of carbonyl (C=O) groups excluding carboxylic acids is 1. The van der Waals surface area contributed by atoms with Crippen LogP contribution in [0.15, 0.2) is 35.1 Å². The van der Waals surface area contributed by atoms with Crippen LogP contribution < -0.4 is 5.32 Å². The minimum Gasteiger partial charge on any atom is -0.507 e. The Labute approximate surface area is 97.3 Å². The molecule has 0 bridgehead atoms. The van der Waals surface area contributed by atoms with Gasteiger partial charge in [0, 0.05) is 13.0 Å². The number of phenolic OH excluding ortho intramolecular Hbond substituents is 1. The fourth-order valence-corrected chi connectivity index (χ4v) is 1.35. The number of nitrogens with one attached hydrogen (secondary N) is 1. The molecule has 2 aromatic rings. The minimum atomic E-state index is -0.331. The van der Waals surface area contributed by atoms with E-state index in [9.17, 15) is 9.90 Å². The summed E-state index contributed by atoms with van der Waals surface area (Å²) in [7, 11) is 0. The SMILES string of the molecule is O=C(NCCc1ncno1)c1ccccc1O. The molecule has 6 heteroatoms. The van der Waals surface area contributed by atoms with Crippen molar-refractivity contribution in [3.05, 3.63) is 42.0 Å². The Morgan fingerprint density at radius 2 is 2.24 bits per heavy atom. The second-order valence-electron chi connectivity index (χ2n) is 3.36. The maximum absolute atomic E-state index is 11.7. The molecule has 88 valence electrons. The number of nitrogens with zero attached hydrogens (tertiary/aromatic N) is 2. The van der Waals surface area contributed by atoms with Gasteiger partial charge in [-0.05, 0) is 12.1 Å². The Bertz CT molecular complexity index is 496. The van der Waals surface area contributed by atoms with Gasteiger partial charge in [-0.15, -0.1) is 0 Å². The van der Waals surface area contributed by atoms with Crippen LogP contribution in [0, 0.1) is 0 Å². The third kappa shape index (κ3) is 2.81. The molecule has 1 aromatic heterocycles. The topological polar surface area (TPSA) is 88.3 Å². The van der Waals surface area contributed by atoms with Crippen molar-refractivity contribution in [2.75, 3.05) is 6.54 Å². The van der Waals surface area contributed by atoms with E-state index in [0.717, 1.165) is 0 Å². The van der Waals surface area contributed by atoms with E-state index in [1.54, 1.807) is 18.2 Å². The lowest BCUT2D eigenvalue weighted by Gasteiger charge is -2.04. The van der Waals surface area contributed by atoms with Gasteiger partial charge in [0.25, 0.3) is 5.91 Å². The van der Waals surface area contributed by atoms with E-state index in [-0.39, 0.29) is 17.2 Å². The van der Waals surface area contributed by atoms with Gasteiger partial charge in [0.15, 0.2) is 6.33 Å². The van der Waals surface area contributed by atoms with Gasteiger partial charge in [-0.3, -0.25) is 4.79 Å². The summed E-state index contributed by atoms with van der Waals surface area (Å²) in [4.78, 5) is 15.5. The summed E-state index contributed by atoms with van der Waals surface area (Å²) < 4.78 is 4.78. The van der Waals surface area contributed by atoms with Gasteiger partial charge in [-0.1, -0.05) is 17.3 Å². The fraction of sp³-hybridized carbons (Fsp3) is 0.182. The largest absolute Gasteiger partial charge is 0.507 e. The van der Waals surface area contributed by atoms with Crippen molar-refractivity contribution in [2.45, 2.75) is 6.42 Å². The average molecular weight is 233 g/mol. The van der Waals surface area contributed by atoms with Crippen LogP contribution in [0.2, 0.25) is 0 Å². The van der Waals surface area contributed by atoms with E-state index in [1.165, 1.54) is 12.4 Å². The van der Waals surface area contributed by atoms with Crippen LogP contribution in [0.1, 0.15) is 16.2 Å². The summed E-state index contributed by atoms with van der Waals surface area (Å²) >= 11 is 0. The highest BCUT2D eigenvalue weighted by Gasteiger charge is 2.09. The third-order valence-corrected chi connectivity index (χ3v) is 2.18.